The predicted octanol–water partition coefficient (Wildman–Crippen LogP) is 7.09. The van der Waals surface area contributed by atoms with Crippen LogP contribution in [0.5, 0.6) is 17.2 Å². The van der Waals surface area contributed by atoms with Gasteiger partial charge in [-0.05, 0) is 94.6 Å². The molecule has 13 heteroatoms. The van der Waals surface area contributed by atoms with Crippen molar-refractivity contribution < 1.29 is 27.4 Å². The molecule has 0 saturated heterocycles. The molecule has 44 heavy (non-hydrogen) atoms. The van der Waals surface area contributed by atoms with Crippen molar-refractivity contribution in [3.05, 3.63) is 111 Å². The average Bonchev–Trinajstić information content (AvgIpc) is 3.01. The first-order valence-electron chi connectivity index (χ1n) is 13.2. The van der Waals surface area contributed by atoms with Gasteiger partial charge < -0.3 is 14.2 Å². The number of methoxy groups -OCH3 is 1. The van der Waals surface area contributed by atoms with E-state index in [0.29, 0.717) is 49.6 Å². The molecular formula is C31H28BrCl2N3O6S. The van der Waals surface area contributed by atoms with E-state index in [1.165, 1.54) is 25.5 Å². The van der Waals surface area contributed by atoms with Crippen LogP contribution in [0.15, 0.2) is 99.4 Å². The Labute approximate surface area is 274 Å². The van der Waals surface area contributed by atoms with Crippen LogP contribution in [0.1, 0.15) is 18.1 Å². The number of nitrogens with one attached hydrogen (secondary N) is 1. The predicted molar refractivity (Wildman–Crippen MR) is 176 cm³/mol. The summed E-state index contributed by atoms with van der Waals surface area (Å²) >= 11 is 15.6. The molecule has 0 spiro atoms. The van der Waals surface area contributed by atoms with Crippen LogP contribution in [0.3, 0.4) is 0 Å². The van der Waals surface area contributed by atoms with Gasteiger partial charge in [-0.3, -0.25) is 9.10 Å². The Hall–Kier alpha value is -3.77. The normalized spacial score (nSPS) is 11.3. The summed E-state index contributed by atoms with van der Waals surface area (Å²) < 4.78 is 45.6. The van der Waals surface area contributed by atoms with Crippen LogP contribution in [0.4, 0.5) is 5.69 Å². The topological polar surface area (TPSA) is 107 Å². The number of sulfonamides is 1. The smallest absolute Gasteiger partial charge is 0.264 e. The van der Waals surface area contributed by atoms with Crippen LogP contribution in [0.25, 0.3) is 0 Å². The van der Waals surface area contributed by atoms with E-state index in [1.807, 2.05) is 6.92 Å². The van der Waals surface area contributed by atoms with Crippen molar-refractivity contribution in [3.63, 3.8) is 0 Å². The molecule has 0 saturated carbocycles. The van der Waals surface area contributed by atoms with Gasteiger partial charge in [-0.2, -0.15) is 5.10 Å². The van der Waals surface area contributed by atoms with Crippen molar-refractivity contribution in [2.24, 2.45) is 5.10 Å². The molecule has 1 amide bonds. The molecule has 230 valence electrons. The number of hydrogen-bond acceptors (Lipinski definition) is 7. The molecule has 0 atom stereocenters. The molecule has 4 aromatic carbocycles. The van der Waals surface area contributed by atoms with Gasteiger partial charge in [0.15, 0.2) is 11.5 Å². The SMILES string of the molecule is CCOc1ccc(N(CC(=O)N/N=C\c2cc(Br)c(OCc3ccc(Cl)c(Cl)c3)c(OC)c2)S(=O)(=O)c2ccccc2)cc1. The van der Waals surface area contributed by atoms with Crippen molar-refractivity contribution in [1.29, 1.82) is 0 Å². The number of anilines is 1. The highest BCUT2D eigenvalue weighted by Gasteiger charge is 2.27. The standard InChI is InChI=1S/C31H28BrCl2N3O6S/c1-3-42-24-12-10-23(11-13-24)37(44(39,40)25-7-5-4-6-8-25)19-30(38)36-35-18-22-15-26(32)31(29(17-22)41-2)43-20-21-9-14-27(33)28(34)16-21/h4-18H,3,19-20H2,1-2H3,(H,36,38)/b35-18-. The zero-order chi connectivity index (χ0) is 31.7. The molecule has 0 fully saturated rings. The zero-order valence-corrected chi connectivity index (χ0v) is 27.6. The van der Waals surface area contributed by atoms with E-state index >= 15 is 0 Å². The summed E-state index contributed by atoms with van der Waals surface area (Å²) in [4.78, 5) is 13.0. The molecule has 0 aliphatic heterocycles. The molecule has 4 aromatic rings. The monoisotopic (exact) mass is 719 g/mol. The molecule has 0 aliphatic carbocycles. The quantitative estimate of drug-likeness (QED) is 0.117. The molecule has 0 unspecified atom stereocenters. The van der Waals surface area contributed by atoms with Crippen LogP contribution in [0, 0.1) is 0 Å². The minimum Gasteiger partial charge on any atom is -0.494 e. The van der Waals surface area contributed by atoms with E-state index in [0.717, 1.165) is 9.87 Å². The highest BCUT2D eigenvalue weighted by Crippen LogP contribution is 2.37. The van der Waals surface area contributed by atoms with E-state index in [1.54, 1.807) is 72.8 Å². The lowest BCUT2D eigenvalue weighted by molar-refractivity contribution is -0.119. The fraction of sp³-hybridized carbons (Fsp3) is 0.161. The number of benzene rings is 4. The van der Waals surface area contributed by atoms with Crippen LogP contribution in [-0.4, -0.2) is 40.8 Å². The first kappa shape index (κ1) is 33.1. The molecule has 0 bridgehead atoms. The number of rotatable bonds is 13. The summed E-state index contributed by atoms with van der Waals surface area (Å²) in [7, 11) is -2.57. The number of carbonyl (C=O) groups is 1. The summed E-state index contributed by atoms with van der Waals surface area (Å²) in [6.07, 6.45) is 1.40. The van der Waals surface area contributed by atoms with Gasteiger partial charge in [0.1, 0.15) is 18.9 Å². The zero-order valence-electron chi connectivity index (χ0n) is 23.7. The minimum atomic E-state index is -4.07. The van der Waals surface area contributed by atoms with Gasteiger partial charge in [0.2, 0.25) is 0 Å². The van der Waals surface area contributed by atoms with Crippen molar-refractivity contribution >= 4 is 67.0 Å². The van der Waals surface area contributed by atoms with E-state index in [-0.39, 0.29) is 11.5 Å². The average molecular weight is 721 g/mol. The summed E-state index contributed by atoms with van der Waals surface area (Å²) in [5.74, 6) is 0.803. The largest absolute Gasteiger partial charge is 0.494 e. The maximum Gasteiger partial charge on any atom is 0.264 e. The van der Waals surface area contributed by atoms with Crippen LogP contribution in [0.2, 0.25) is 10.0 Å². The summed E-state index contributed by atoms with van der Waals surface area (Å²) in [5, 5.41) is 4.90. The van der Waals surface area contributed by atoms with Crippen molar-refractivity contribution in [2.75, 3.05) is 24.6 Å². The second-order valence-electron chi connectivity index (χ2n) is 9.12. The van der Waals surface area contributed by atoms with Gasteiger partial charge >= 0.3 is 0 Å². The van der Waals surface area contributed by atoms with Crippen LogP contribution >= 0.6 is 39.1 Å². The lowest BCUT2D eigenvalue weighted by atomic mass is 10.2. The second-order valence-corrected chi connectivity index (χ2v) is 12.6. The first-order valence-corrected chi connectivity index (χ1v) is 16.2. The lowest BCUT2D eigenvalue weighted by Crippen LogP contribution is -2.39. The fourth-order valence-electron chi connectivity index (χ4n) is 3.99. The molecule has 0 aromatic heterocycles. The Morgan fingerprint density at radius 1 is 0.977 bits per heavy atom. The third-order valence-electron chi connectivity index (χ3n) is 6.08. The van der Waals surface area contributed by atoms with Gasteiger partial charge in [0.05, 0.1) is 45.0 Å². The number of carbonyl (C=O) groups excluding carboxylic acids is 1. The van der Waals surface area contributed by atoms with Crippen LogP contribution < -0.4 is 23.9 Å². The van der Waals surface area contributed by atoms with Gasteiger partial charge in [-0.15, -0.1) is 0 Å². The number of hydrogen-bond donors (Lipinski definition) is 1. The Bertz CT molecular complexity index is 1740. The van der Waals surface area contributed by atoms with Crippen molar-refractivity contribution in [2.45, 2.75) is 18.4 Å². The van der Waals surface area contributed by atoms with E-state index in [2.05, 4.69) is 26.5 Å². The van der Waals surface area contributed by atoms with E-state index < -0.39 is 22.5 Å². The van der Waals surface area contributed by atoms with Gasteiger partial charge in [-0.25, -0.2) is 13.8 Å². The fourth-order valence-corrected chi connectivity index (χ4v) is 6.33. The Morgan fingerprint density at radius 2 is 1.70 bits per heavy atom. The van der Waals surface area contributed by atoms with Crippen molar-refractivity contribution in [1.82, 2.24) is 5.43 Å². The minimum absolute atomic E-state index is 0.0450. The lowest BCUT2D eigenvalue weighted by Gasteiger charge is -2.24. The highest BCUT2D eigenvalue weighted by molar-refractivity contribution is 9.10. The third kappa shape index (κ3) is 8.44. The maximum atomic E-state index is 13.5. The number of halogens is 3. The molecule has 0 aliphatic rings. The molecular weight excluding hydrogens is 693 g/mol. The number of nitrogens with zero attached hydrogens (tertiary/aromatic N) is 2. The summed E-state index contributed by atoms with van der Waals surface area (Å²) in [6.45, 7) is 2.01. The van der Waals surface area contributed by atoms with Crippen LogP contribution in [-0.2, 0) is 21.4 Å². The molecule has 1 N–H and O–H groups in total. The summed E-state index contributed by atoms with van der Waals surface area (Å²) in [5.41, 5.74) is 4.09. The Morgan fingerprint density at radius 3 is 2.36 bits per heavy atom. The summed E-state index contributed by atoms with van der Waals surface area (Å²) in [6, 6.07) is 23.0. The maximum absolute atomic E-state index is 13.5. The molecule has 0 heterocycles. The van der Waals surface area contributed by atoms with E-state index in [4.69, 9.17) is 37.4 Å². The third-order valence-corrected chi connectivity index (χ3v) is 9.19. The number of ether oxygens (including phenoxy) is 3. The van der Waals surface area contributed by atoms with E-state index in [9.17, 15) is 13.2 Å². The molecule has 9 nitrogen and oxygen atoms in total. The molecule has 0 radical (unpaired) electrons. The first-order chi connectivity index (χ1) is 21.1. The van der Waals surface area contributed by atoms with Gasteiger partial charge in [-0.1, -0.05) is 47.5 Å². The Kier molecular flexibility index (Phi) is 11.5. The second kappa shape index (κ2) is 15.3. The highest BCUT2D eigenvalue weighted by atomic mass is 79.9. The van der Waals surface area contributed by atoms with Gasteiger partial charge in [0, 0.05) is 0 Å². The number of amides is 1. The molecule has 4 rings (SSSR count). The number of hydrazone groups is 1. The van der Waals surface area contributed by atoms with Gasteiger partial charge in [0.25, 0.3) is 15.9 Å². The Balaban J connectivity index is 1.48. The van der Waals surface area contributed by atoms with Crippen molar-refractivity contribution in [3.8, 4) is 17.2 Å².